The van der Waals surface area contributed by atoms with Gasteiger partial charge < -0.3 is 14.0 Å². The molecule has 0 amide bonds. The maximum Gasteiger partial charge on any atom is 0.360 e. The first kappa shape index (κ1) is 24.9. The highest BCUT2D eigenvalue weighted by molar-refractivity contribution is 7.92. The summed E-state index contributed by atoms with van der Waals surface area (Å²) in [6.07, 6.45) is 3.82. The molecule has 0 bridgehead atoms. The number of nitrogens with zero attached hydrogens (tertiary/aromatic N) is 1. The van der Waals surface area contributed by atoms with Crippen molar-refractivity contribution in [2.75, 3.05) is 7.11 Å². The molecule has 2 aliphatic carbocycles. The minimum atomic E-state index is -3.29. The summed E-state index contributed by atoms with van der Waals surface area (Å²) in [6, 6.07) is 6.18. The van der Waals surface area contributed by atoms with E-state index >= 15 is 0 Å². The summed E-state index contributed by atoms with van der Waals surface area (Å²) in [5.41, 5.74) is 0.482. The van der Waals surface area contributed by atoms with Gasteiger partial charge in [0.1, 0.15) is 6.10 Å². The van der Waals surface area contributed by atoms with Gasteiger partial charge in [0.2, 0.25) is 0 Å². The molecule has 0 unspecified atom stereocenters. The Morgan fingerprint density at radius 1 is 1.03 bits per heavy atom. The molecule has 0 N–H and O–H groups in total. The number of oxime groups is 1. The number of benzene rings is 1. The van der Waals surface area contributed by atoms with Crippen LogP contribution in [0.3, 0.4) is 0 Å². The lowest BCUT2D eigenvalue weighted by atomic mass is 10.1. The molecule has 0 spiro atoms. The molecule has 7 nitrogen and oxygen atoms in total. The summed E-state index contributed by atoms with van der Waals surface area (Å²) in [5, 5.41) is 3.97. The van der Waals surface area contributed by atoms with Gasteiger partial charge in [-0.1, -0.05) is 38.1 Å². The molecular formula is C23H35NO6SSi. The van der Waals surface area contributed by atoms with Crippen LogP contribution in [0.15, 0.2) is 34.3 Å². The highest BCUT2D eigenvalue weighted by Crippen LogP contribution is 2.40. The smallest absolute Gasteiger partial charge is 0.360 e. The monoisotopic (exact) mass is 481 g/mol. The van der Waals surface area contributed by atoms with Crippen LogP contribution < -0.4 is 0 Å². The number of sulfone groups is 1. The largest absolute Gasteiger partial charge is 0.464 e. The van der Waals surface area contributed by atoms with Crippen LogP contribution in [0.5, 0.6) is 0 Å². The predicted octanol–water partition coefficient (Wildman–Crippen LogP) is 4.46. The second-order valence-corrected chi connectivity index (χ2v) is 17.2. The van der Waals surface area contributed by atoms with Gasteiger partial charge in [0.05, 0.1) is 17.3 Å². The lowest BCUT2D eigenvalue weighted by Crippen LogP contribution is -2.43. The Balaban J connectivity index is 1.68. The van der Waals surface area contributed by atoms with E-state index in [9.17, 15) is 13.2 Å². The van der Waals surface area contributed by atoms with Crippen LogP contribution in [0.25, 0.3) is 0 Å². The number of rotatable bonds is 8. The summed E-state index contributed by atoms with van der Waals surface area (Å²) >= 11 is 0. The molecular weight excluding hydrogens is 446 g/mol. The minimum absolute atomic E-state index is 0.0247. The second kappa shape index (κ2) is 9.27. The Bertz CT molecular complexity index is 961. The SMILES string of the molecule is COC(=O)C(=NO[C@@H]1CC[C@@H](O[Si](C)(C)C(C)(C)C)C1)c1ccc(S(=O)(=O)C2CC2)cc1. The zero-order valence-electron chi connectivity index (χ0n) is 19.9. The predicted molar refractivity (Wildman–Crippen MR) is 126 cm³/mol. The molecule has 2 aliphatic rings. The average molecular weight is 482 g/mol. The quantitative estimate of drug-likeness (QED) is 0.236. The molecule has 1 aromatic rings. The van der Waals surface area contributed by atoms with Gasteiger partial charge in [-0.25, -0.2) is 13.2 Å². The number of hydrogen-bond donors (Lipinski definition) is 0. The van der Waals surface area contributed by atoms with Gasteiger partial charge in [0, 0.05) is 18.1 Å². The van der Waals surface area contributed by atoms with Crippen molar-refractivity contribution < 1.29 is 27.2 Å². The maximum absolute atomic E-state index is 12.4. The number of carbonyl (C=O) groups excluding carboxylic acids is 1. The first-order valence-electron chi connectivity index (χ1n) is 11.2. The molecule has 0 saturated heterocycles. The zero-order chi connectivity index (χ0) is 23.7. The standard InChI is InChI=1S/C23H35NO6SSi/c1-23(2,3)32(5,6)30-18-10-9-17(15-18)29-24-21(22(25)28-4)16-7-11-19(12-8-16)31(26,27)20-13-14-20/h7-8,11-12,17-18,20H,9-10,13-15H2,1-6H3/t17-,18-/m1/s1. The summed E-state index contributed by atoms with van der Waals surface area (Å²) in [6.45, 7) is 11.1. The summed E-state index contributed by atoms with van der Waals surface area (Å²) in [5.74, 6) is -0.630. The molecule has 1 aromatic carbocycles. The van der Waals surface area contributed by atoms with Crippen molar-refractivity contribution in [3.63, 3.8) is 0 Å². The topological polar surface area (TPSA) is 91.3 Å². The minimum Gasteiger partial charge on any atom is -0.464 e. The van der Waals surface area contributed by atoms with Crippen molar-refractivity contribution >= 4 is 29.8 Å². The van der Waals surface area contributed by atoms with Crippen LogP contribution in [0.4, 0.5) is 0 Å². The number of ether oxygens (including phenoxy) is 1. The lowest BCUT2D eigenvalue weighted by molar-refractivity contribution is -0.132. The van der Waals surface area contributed by atoms with Crippen molar-refractivity contribution in [2.24, 2.45) is 5.16 Å². The third kappa shape index (κ3) is 5.61. The molecule has 9 heteroatoms. The van der Waals surface area contributed by atoms with Gasteiger partial charge in [-0.2, -0.15) is 0 Å². The number of carbonyl (C=O) groups is 1. The fraction of sp³-hybridized carbons (Fsp3) is 0.652. The highest BCUT2D eigenvalue weighted by atomic mass is 32.2. The molecule has 2 atom stereocenters. The Labute approximate surface area is 192 Å². The second-order valence-electron chi connectivity index (χ2n) is 10.2. The Morgan fingerprint density at radius 2 is 1.62 bits per heavy atom. The van der Waals surface area contributed by atoms with Crippen LogP contribution >= 0.6 is 0 Å². The molecule has 2 saturated carbocycles. The van der Waals surface area contributed by atoms with Crippen molar-refractivity contribution in [3.05, 3.63) is 29.8 Å². The third-order valence-electron chi connectivity index (χ3n) is 6.70. The van der Waals surface area contributed by atoms with Crippen LogP contribution in [0.2, 0.25) is 18.1 Å². The van der Waals surface area contributed by atoms with E-state index in [1.165, 1.54) is 19.2 Å². The first-order chi connectivity index (χ1) is 14.8. The first-order valence-corrected chi connectivity index (χ1v) is 15.6. The normalized spacial score (nSPS) is 22.6. The van der Waals surface area contributed by atoms with Crippen LogP contribution in [-0.2, 0) is 28.6 Å². The Hall–Kier alpha value is -1.71. The molecule has 0 aliphatic heterocycles. The number of methoxy groups -OCH3 is 1. The molecule has 0 radical (unpaired) electrons. The van der Waals surface area contributed by atoms with Crippen LogP contribution in [-0.4, -0.2) is 53.0 Å². The van der Waals surface area contributed by atoms with E-state index < -0.39 is 24.1 Å². The van der Waals surface area contributed by atoms with E-state index in [1.807, 2.05) is 0 Å². The van der Waals surface area contributed by atoms with Gasteiger partial charge in [-0.15, -0.1) is 0 Å². The van der Waals surface area contributed by atoms with Crippen molar-refractivity contribution in [2.45, 2.75) is 93.4 Å². The number of esters is 1. The molecule has 178 valence electrons. The lowest BCUT2D eigenvalue weighted by Gasteiger charge is -2.38. The fourth-order valence-electron chi connectivity index (χ4n) is 3.50. The van der Waals surface area contributed by atoms with Crippen molar-refractivity contribution in [3.8, 4) is 0 Å². The molecule has 0 heterocycles. The van der Waals surface area contributed by atoms with Crippen LogP contribution in [0.1, 0.15) is 58.4 Å². The zero-order valence-corrected chi connectivity index (χ0v) is 21.7. The average Bonchev–Trinajstić information content (AvgIpc) is 3.49. The van der Waals surface area contributed by atoms with Gasteiger partial charge in [0.25, 0.3) is 0 Å². The molecule has 32 heavy (non-hydrogen) atoms. The van der Waals surface area contributed by atoms with E-state index in [4.69, 9.17) is 14.0 Å². The van der Waals surface area contributed by atoms with E-state index in [0.29, 0.717) is 18.4 Å². The fourth-order valence-corrected chi connectivity index (χ4v) is 6.56. The van der Waals surface area contributed by atoms with Gasteiger partial charge in [-0.3, -0.25) is 0 Å². The Kier molecular flexibility index (Phi) is 7.22. The summed E-state index contributed by atoms with van der Waals surface area (Å²) < 4.78 is 36.2. The Morgan fingerprint density at radius 3 is 2.16 bits per heavy atom. The van der Waals surface area contributed by atoms with Gasteiger partial charge in [-0.05, 0) is 55.9 Å². The van der Waals surface area contributed by atoms with Gasteiger partial charge in [0.15, 0.2) is 23.9 Å². The summed E-state index contributed by atoms with van der Waals surface area (Å²) in [4.78, 5) is 18.3. The van der Waals surface area contributed by atoms with Crippen molar-refractivity contribution in [1.82, 2.24) is 0 Å². The molecule has 0 aromatic heterocycles. The van der Waals surface area contributed by atoms with Crippen molar-refractivity contribution in [1.29, 1.82) is 0 Å². The third-order valence-corrected chi connectivity index (χ3v) is 13.5. The van der Waals surface area contributed by atoms with Gasteiger partial charge >= 0.3 is 5.97 Å². The highest BCUT2D eigenvalue weighted by Gasteiger charge is 2.41. The van der Waals surface area contributed by atoms with E-state index in [1.54, 1.807) is 12.1 Å². The van der Waals surface area contributed by atoms with E-state index in [2.05, 4.69) is 39.0 Å². The maximum atomic E-state index is 12.4. The molecule has 2 fully saturated rings. The van der Waals surface area contributed by atoms with E-state index in [0.717, 1.165) is 19.3 Å². The van der Waals surface area contributed by atoms with E-state index in [-0.39, 0.29) is 33.1 Å². The molecule has 3 rings (SSSR count). The van der Waals surface area contributed by atoms with Crippen LogP contribution in [0, 0.1) is 0 Å². The summed E-state index contributed by atoms with van der Waals surface area (Å²) in [7, 11) is -3.87. The number of hydrogen-bond acceptors (Lipinski definition) is 7.